The first-order chi connectivity index (χ1) is 9.06. The quantitative estimate of drug-likeness (QED) is 0.869. The highest BCUT2D eigenvalue weighted by Gasteiger charge is 2.40. The van der Waals surface area contributed by atoms with E-state index in [0.29, 0.717) is 0 Å². The van der Waals surface area contributed by atoms with Crippen LogP contribution in [0.15, 0.2) is 0 Å². The van der Waals surface area contributed by atoms with Gasteiger partial charge in [0, 0.05) is 18.9 Å². The number of halogens is 2. The number of nitrogens with zero attached hydrogens (tertiary/aromatic N) is 1. The van der Waals surface area contributed by atoms with Crippen LogP contribution in [0.2, 0.25) is 0 Å². The molecule has 0 bridgehead atoms. The lowest BCUT2D eigenvalue weighted by Gasteiger charge is -2.40. The van der Waals surface area contributed by atoms with E-state index in [4.69, 9.17) is 4.74 Å². The maximum absolute atomic E-state index is 13.2. The molecule has 1 fully saturated rings. The van der Waals surface area contributed by atoms with Crippen molar-refractivity contribution in [1.29, 1.82) is 0 Å². The Kier molecular flexibility index (Phi) is 5.35. The Morgan fingerprint density at radius 2 is 1.90 bits per heavy atom. The van der Waals surface area contributed by atoms with Gasteiger partial charge in [-0.1, -0.05) is 0 Å². The summed E-state index contributed by atoms with van der Waals surface area (Å²) in [6, 6.07) is -0.742. The molecule has 0 heterocycles. The Morgan fingerprint density at radius 3 is 2.30 bits per heavy atom. The highest BCUT2D eigenvalue weighted by atomic mass is 19.3. The highest BCUT2D eigenvalue weighted by molar-refractivity contribution is 5.69. The molecule has 0 aromatic rings. The standard InChI is InChI=1S/C14H25F2NO3/c1-10(9-18)17(12(19)20-13(2,3)4)11-5-7-14(15,16)8-6-11/h10-11,18H,5-9H2,1-4H3. The second kappa shape index (κ2) is 6.24. The molecule has 1 saturated carbocycles. The number of hydrogen-bond donors (Lipinski definition) is 1. The molecule has 1 atom stereocenters. The number of aliphatic hydroxyl groups excluding tert-OH is 1. The van der Waals surface area contributed by atoms with Crippen molar-refractivity contribution < 1.29 is 23.4 Å². The van der Waals surface area contributed by atoms with E-state index in [9.17, 15) is 18.7 Å². The van der Waals surface area contributed by atoms with Gasteiger partial charge in [-0.05, 0) is 40.5 Å². The summed E-state index contributed by atoms with van der Waals surface area (Å²) in [4.78, 5) is 13.6. The number of alkyl halides is 2. The predicted molar refractivity (Wildman–Crippen MR) is 71.8 cm³/mol. The molecule has 118 valence electrons. The SMILES string of the molecule is CC(CO)N(C(=O)OC(C)(C)C)C1CCC(F)(F)CC1. The van der Waals surface area contributed by atoms with E-state index in [1.165, 1.54) is 4.90 Å². The number of carbonyl (C=O) groups is 1. The minimum Gasteiger partial charge on any atom is -0.444 e. The molecule has 6 heteroatoms. The summed E-state index contributed by atoms with van der Waals surface area (Å²) in [5.41, 5.74) is -0.650. The zero-order valence-electron chi connectivity index (χ0n) is 12.7. The number of ether oxygens (including phenoxy) is 1. The van der Waals surface area contributed by atoms with Crippen molar-refractivity contribution in [3.8, 4) is 0 Å². The first-order valence-electron chi connectivity index (χ1n) is 7.06. The van der Waals surface area contributed by atoms with Crippen LogP contribution in [0.3, 0.4) is 0 Å². The van der Waals surface area contributed by atoms with Gasteiger partial charge in [0.15, 0.2) is 0 Å². The highest BCUT2D eigenvalue weighted by Crippen LogP contribution is 2.36. The summed E-state index contributed by atoms with van der Waals surface area (Å²) >= 11 is 0. The third kappa shape index (κ3) is 4.89. The summed E-state index contributed by atoms with van der Waals surface area (Å²) < 4.78 is 31.7. The molecule has 1 unspecified atom stereocenters. The normalized spacial score (nSPS) is 21.4. The fraction of sp³-hybridized carbons (Fsp3) is 0.929. The van der Waals surface area contributed by atoms with Gasteiger partial charge in [0.1, 0.15) is 5.60 Å². The Bertz CT molecular complexity index is 332. The van der Waals surface area contributed by atoms with Crippen molar-refractivity contribution in [3.05, 3.63) is 0 Å². The summed E-state index contributed by atoms with van der Waals surface area (Å²) in [5.74, 6) is -2.64. The number of carbonyl (C=O) groups excluding carboxylic acids is 1. The monoisotopic (exact) mass is 293 g/mol. The van der Waals surface area contributed by atoms with Gasteiger partial charge in [0.25, 0.3) is 0 Å². The van der Waals surface area contributed by atoms with Crippen LogP contribution in [0.4, 0.5) is 13.6 Å². The van der Waals surface area contributed by atoms with Crippen LogP contribution in [0.5, 0.6) is 0 Å². The van der Waals surface area contributed by atoms with E-state index in [0.717, 1.165) is 0 Å². The van der Waals surface area contributed by atoms with E-state index in [-0.39, 0.29) is 38.3 Å². The molecule has 20 heavy (non-hydrogen) atoms. The fourth-order valence-electron chi connectivity index (χ4n) is 2.39. The molecule has 0 radical (unpaired) electrons. The van der Waals surface area contributed by atoms with E-state index in [1.807, 2.05) is 0 Å². The minimum absolute atomic E-state index is 0.216. The number of rotatable bonds is 3. The first-order valence-corrected chi connectivity index (χ1v) is 7.06. The zero-order chi connectivity index (χ0) is 15.6. The van der Waals surface area contributed by atoms with E-state index in [1.54, 1.807) is 27.7 Å². The van der Waals surface area contributed by atoms with Gasteiger partial charge in [0.05, 0.1) is 12.6 Å². The molecule has 1 amide bonds. The van der Waals surface area contributed by atoms with E-state index < -0.39 is 23.7 Å². The van der Waals surface area contributed by atoms with Gasteiger partial charge in [-0.2, -0.15) is 0 Å². The van der Waals surface area contributed by atoms with Crippen LogP contribution in [-0.4, -0.2) is 46.3 Å². The Balaban J connectivity index is 2.78. The Hall–Kier alpha value is -0.910. The third-order valence-electron chi connectivity index (χ3n) is 3.42. The molecule has 1 rings (SSSR count). The van der Waals surface area contributed by atoms with Gasteiger partial charge in [-0.15, -0.1) is 0 Å². The van der Waals surface area contributed by atoms with Gasteiger partial charge < -0.3 is 14.7 Å². The van der Waals surface area contributed by atoms with E-state index >= 15 is 0 Å². The maximum Gasteiger partial charge on any atom is 0.410 e. The maximum atomic E-state index is 13.2. The first kappa shape index (κ1) is 17.1. The average molecular weight is 293 g/mol. The molecule has 0 saturated heterocycles. The number of hydrogen-bond acceptors (Lipinski definition) is 3. The van der Waals surface area contributed by atoms with Crippen LogP contribution < -0.4 is 0 Å². The van der Waals surface area contributed by atoms with Crippen LogP contribution in [0.1, 0.15) is 53.4 Å². The summed E-state index contributed by atoms with van der Waals surface area (Å²) in [5, 5.41) is 9.29. The molecule has 1 aliphatic rings. The molecule has 0 spiro atoms. The van der Waals surface area contributed by atoms with Crippen molar-refractivity contribution in [2.24, 2.45) is 0 Å². The van der Waals surface area contributed by atoms with Crippen molar-refractivity contribution >= 4 is 6.09 Å². The minimum atomic E-state index is -2.64. The van der Waals surface area contributed by atoms with Gasteiger partial charge in [-0.25, -0.2) is 13.6 Å². The lowest BCUT2D eigenvalue weighted by atomic mass is 9.90. The molecule has 1 aliphatic carbocycles. The van der Waals surface area contributed by atoms with Crippen LogP contribution in [0, 0.1) is 0 Å². The lowest BCUT2D eigenvalue weighted by Crippen LogP contribution is -2.51. The van der Waals surface area contributed by atoms with Crippen LogP contribution in [-0.2, 0) is 4.74 Å². The molecule has 4 nitrogen and oxygen atoms in total. The summed E-state index contributed by atoms with van der Waals surface area (Å²) in [7, 11) is 0. The number of amides is 1. The van der Waals surface area contributed by atoms with Crippen molar-refractivity contribution in [2.75, 3.05) is 6.61 Å². The molecular formula is C14H25F2NO3. The average Bonchev–Trinajstić information content (AvgIpc) is 2.29. The molecule has 0 aromatic carbocycles. The lowest BCUT2D eigenvalue weighted by molar-refractivity contribution is -0.0639. The van der Waals surface area contributed by atoms with E-state index in [2.05, 4.69) is 0 Å². The summed E-state index contributed by atoms with van der Waals surface area (Å²) in [6.07, 6.45) is -0.536. The largest absolute Gasteiger partial charge is 0.444 e. The molecule has 1 N–H and O–H groups in total. The van der Waals surface area contributed by atoms with Crippen molar-refractivity contribution in [3.63, 3.8) is 0 Å². The van der Waals surface area contributed by atoms with Gasteiger partial charge in [-0.3, -0.25) is 0 Å². The number of aliphatic hydroxyl groups is 1. The second-order valence-corrected chi connectivity index (χ2v) is 6.51. The van der Waals surface area contributed by atoms with Gasteiger partial charge in [0.2, 0.25) is 5.92 Å². The summed E-state index contributed by atoms with van der Waals surface area (Å²) in [6.45, 7) is 6.73. The van der Waals surface area contributed by atoms with Crippen LogP contribution >= 0.6 is 0 Å². The zero-order valence-corrected chi connectivity index (χ0v) is 12.7. The third-order valence-corrected chi connectivity index (χ3v) is 3.42. The Morgan fingerprint density at radius 1 is 1.40 bits per heavy atom. The fourth-order valence-corrected chi connectivity index (χ4v) is 2.39. The van der Waals surface area contributed by atoms with Crippen molar-refractivity contribution in [1.82, 2.24) is 4.90 Å². The molecule has 0 aromatic heterocycles. The topological polar surface area (TPSA) is 49.8 Å². The predicted octanol–water partition coefficient (Wildman–Crippen LogP) is 3.18. The second-order valence-electron chi connectivity index (χ2n) is 6.51. The molecule has 0 aliphatic heterocycles. The van der Waals surface area contributed by atoms with Crippen molar-refractivity contribution in [2.45, 2.75) is 77.0 Å². The Labute approximate surface area is 119 Å². The van der Waals surface area contributed by atoms with Gasteiger partial charge >= 0.3 is 6.09 Å². The van der Waals surface area contributed by atoms with Crippen LogP contribution in [0.25, 0.3) is 0 Å². The smallest absolute Gasteiger partial charge is 0.410 e. The molecular weight excluding hydrogens is 268 g/mol.